The van der Waals surface area contributed by atoms with E-state index in [1.165, 1.54) is 60.7 Å². The van der Waals surface area contributed by atoms with Crippen LogP contribution in [0.2, 0.25) is 0 Å². The Morgan fingerprint density at radius 2 is 1.63 bits per heavy atom. The van der Waals surface area contributed by atoms with Gasteiger partial charge in [-0.1, -0.05) is 49.4 Å². The molecule has 3 aromatic carbocycles. The number of benzene rings is 3. The maximum absolute atomic E-state index is 14.7. The van der Waals surface area contributed by atoms with Crippen molar-refractivity contribution in [2.75, 3.05) is 49.9 Å². The largest absolute Gasteiger partial charge is 0.416 e. The molecule has 0 radical (unpaired) electrons. The van der Waals surface area contributed by atoms with Crippen LogP contribution in [-0.2, 0) is 27.5 Å². The van der Waals surface area contributed by atoms with Gasteiger partial charge in [-0.2, -0.15) is 26.3 Å². The Kier molecular flexibility index (Phi) is 11.9. The van der Waals surface area contributed by atoms with E-state index in [9.17, 15) is 39.6 Å². The highest BCUT2D eigenvalue weighted by molar-refractivity contribution is 7.92. The third-order valence-electron chi connectivity index (χ3n) is 9.76. The summed E-state index contributed by atoms with van der Waals surface area (Å²) in [5, 5.41) is 2.20. The maximum Gasteiger partial charge on any atom is 0.416 e. The monoisotopic (exact) mass is 777 g/mol. The summed E-state index contributed by atoms with van der Waals surface area (Å²) in [7, 11) is -3.82. The normalized spacial score (nSPS) is 17.4. The molecule has 0 aliphatic carbocycles. The van der Waals surface area contributed by atoms with Gasteiger partial charge in [0.2, 0.25) is 10.0 Å². The summed E-state index contributed by atoms with van der Waals surface area (Å²) < 4.78 is 119. The number of alkyl halides is 6. The van der Waals surface area contributed by atoms with Gasteiger partial charge in [0.15, 0.2) is 6.04 Å². The Morgan fingerprint density at radius 1 is 0.926 bits per heavy atom. The number of nitrogens with zero attached hydrogens (tertiary/aromatic N) is 3. The van der Waals surface area contributed by atoms with Crippen molar-refractivity contribution in [1.82, 2.24) is 20.1 Å². The number of carbonyl (C=O) groups excluding carboxylic acids is 1. The van der Waals surface area contributed by atoms with Crippen LogP contribution in [0.25, 0.3) is 22.2 Å². The molecule has 6 rings (SSSR count). The summed E-state index contributed by atoms with van der Waals surface area (Å²) in [5.74, 6) is -1.35. The Bertz CT molecular complexity index is 2050. The molecular weight excluding hydrogens is 737 g/mol. The van der Waals surface area contributed by atoms with Crippen LogP contribution in [-0.4, -0.2) is 86.5 Å². The number of likely N-dealkylation sites (tertiary alicyclic amines) is 1. The first-order valence-corrected chi connectivity index (χ1v) is 19.4. The van der Waals surface area contributed by atoms with Crippen molar-refractivity contribution in [3.63, 3.8) is 0 Å². The number of pyridine rings is 1. The summed E-state index contributed by atoms with van der Waals surface area (Å²) >= 11 is 0. The zero-order chi connectivity index (χ0) is 38.7. The van der Waals surface area contributed by atoms with Gasteiger partial charge in [-0.3, -0.25) is 19.3 Å². The van der Waals surface area contributed by atoms with Gasteiger partial charge >= 0.3 is 12.4 Å². The topological polar surface area (TPSA) is 104 Å². The van der Waals surface area contributed by atoms with Crippen LogP contribution in [0.5, 0.6) is 0 Å². The number of rotatable bonds is 11. The van der Waals surface area contributed by atoms with E-state index in [1.807, 2.05) is 4.90 Å². The van der Waals surface area contributed by atoms with Crippen molar-refractivity contribution in [3.8, 4) is 11.3 Å². The molecule has 2 N–H and O–H groups in total. The zero-order valence-corrected chi connectivity index (χ0v) is 30.3. The second-order valence-electron chi connectivity index (χ2n) is 13.6. The molecule has 2 saturated heterocycles. The van der Waals surface area contributed by atoms with E-state index in [1.54, 1.807) is 6.92 Å². The first-order valence-electron chi connectivity index (χ1n) is 17.7. The number of ether oxygens (including phenoxy) is 1. The SMILES string of the molecule is CCCS(=O)(=O)Nc1ccc2nc(-c3cccc(C(F)(F)F)c3)c(CN3CCC(N4CCOCC4)CC3)c(C(=O)N[C@H](c3ccccc3)C(F)(F)F)c2c1. The van der Waals surface area contributed by atoms with Gasteiger partial charge in [-0.05, 0) is 68.2 Å². The summed E-state index contributed by atoms with van der Waals surface area (Å²) in [5.41, 5.74) is -1.19. The van der Waals surface area contributed by atoms with Gasteiger partial charge < -0.3 is 10.1 Å². The lowest BCUT2D eigenvalue weighted by atomic mass is 9.93. The van der Waals surface area contributed by atoms with E-state index in [0.717, 1.165) is 38.1 Å². The molecule has 9 nitrogen and oxygen atoms in total. The lowest BCUT2D eigenvalue weighted by molar-refractivity contribution is -0.155. The number of sulfonamides is 1. The molecule has 4 aromatic rings. The fourth-order valence-corrected chi connectivity index (χ4v) is 8.30. The molecule has 3 heterocycles. The van der Waals surface area contributed by atoms with Gasteiger partial charge in [0.05, 0.1) is 41.3 Å². The third kappa shape index (κ3) is 9.33. The fourth-order valence-electron chi connectivity index (χ4n) is 7.17. The molecule has 1 atom stereocenters. The Hall–Kier alpha value is -4.25. The van der Waals surface area contributed by atoms with Crippen molar-refractivity contribution in [3.05, 3.63) is 95.1 Å². The van der Waals surface area contributed by atoms with Crippen LogP contribution in [0.3, 0.4) is 0 Å². The van der Waals surface area contributed by atoms with Crippen molar-refractivity contribution in [2.24, 2.45) is 0 Å². The molecule has 54 heavy (non-hydrogen) atoms. The van der Waals surface area contributed by atoms with Crippen LogP contribution in [0.15, 0.2) is 72.8 Å². The number of nitrogens with one attached hydrogen (secondary N) is 2. The second-order valence-corrected chi connectivity index (χ2v) is 15.4. The van der Waals surface area contributed by atoms with E-state index in [0.29, 0.717) is 32.7 Å². The van der Waals surface area contributed by atoms with Gasteiger partial charge in [-0.25, -0.2) is 13.4 Å². The van der Waals surface area contributed by atoms with E-state index in [2.05, 4.69) is 14.9 Å². The molecular formula is C38H41F6N5O4S. The van der Waals surface area contributed by atoms with E-state index >= 15 is 0 Å². The highest BCUT2D eigenvalue weighted by atomic mass is 32.2. The fraction of sp³-hybridized carbons (Fsp3) is 0.421. The van der Waals surface area contributed by atoms with Crippen molar-refractivity contribution >= 4 is 32.5 Å². The molecule has 290 valence electrons. The number of halogens is 6. The average Bonchev–Trinajstić information content (AvgIpc) is 3.13. The number of hydrogen-bond donors (Lipinski definition) is 2. The molecule has 0 saturated carbocycles. The van der Waals surface area contributed by atoms with Crippen LogP contribution in [0.1, 0.15) is 59.3 Å². The van der Waals surface area contributed by atoms with Crippen molar-refractivity contribution in [2.45, 2.75) is 57.2 Å². The number of carbonyl (C=O) groups is 1. The minimum absolute atomic E-state index is 0.00311. The molecule has 1 aromatic heterocycles. The first kappa shape index (κ1) is 39.4. The van der Waals surface area contributed by atoms with Crippen molar-refractivity contribution < 1.29 is 44.3 Å². The quantitative estimate of drug-likeness (QED) is 0.153. The maximum atomic E-state index is 14.7. The van der Waals surface area contributed by atoms with E-state index in [-0.39, 0.29) is 62.9 Å². The second kappa shape index (κ2) is 16.2. The Labute approximate surface area is 309 Å². The lowest BCUT2D eigenvalue weighted by Crippen LogP contribution is -2.48. The van der Waals surface area contributed by atoms with Crippen LogP contribution in [0.4, 0.5) is 32.0 Å². The number of hydrogen-bond acceptors (Lipinski definition) is 7. The minimum atomic E-state index is -4.92. The number of anilines is 1. The zero-order valence-electron chi connectivity index (χ0n) is 29.5. The highest BCUT2D eigenvalue weighted by Gasteiger charge is 2.43. The van der Waals surface area contributed by atoms with Crippen LogP contribution in [0, 0.1) is 0 Å². The van der Waals surface area contributed by atoms with E-state index in [4.69, 9.17) is 9.72 Å². The van der Waals surface area contributed by atoms with Gasteiger partial charge in [0.25, 0.3) is 5.91 Å². The van der Waals surface area contributed by atoms with Crippen molar-refractivity contribution in [1.29, 1.82) is 0 Å². The molecule has 0 unspecified atom stereocenters. The molecule has 2 aliphatic heterocycles. The smallest absolute Gasteiger partial charge is 0.379 e. The number of piperidine rings is 1. The van der Waals surface area contributed by atoms with Gasteiger partial charge in [0, 0.05) is 47.9 Å². The molecule has 2 aliphatic rings. The summed E-state index contributed by atoms with van der Waals surface area (Å²) in [4.78, 5) is 23.6. The number of fused-ring (bicyclic) bond motifs is 1. The van der Waals surface area contributed by atoms with Gasteiger partial charge in [0.1, 0.15) is 0 Å². The van der Waals surface area contributed by atoms with Gasteiger partial charge in [-0.15, -0.1) is 0 Å². The molecule has 2 fully saturated rings. The first-order chi connectivity index (χ1) is 25.6. The highest BCUT2D eigenvalue weighted by Crippen LogP contribution is 2.38. The van der Waals surface area contributed by atoms with Crippen LogP contribution >= 0.6 is 0 Å². The lowest BCUT2D eigenvalue weighted by Gasteiger charge is -2.40. The summed E-state index contributed by atoms with van der Waals surface area (Å²) in [6, 6.07) is 13.2. The number of morpholine rings is 1. The summed E-state index contributed by atoms with van der Waals surface area (Å²) in [6.07, 6.45) is -7.84. The predicted octanol–water partition coefficient (Wildman–Crippen LogP) is 7.40. The Morgan fingerprint density at radius 3 is 2.28 bits per heavy atom. The molecule has 0 bridgehead atoms. The standard InChI is InChI=1S/C38H41F6N5O4S/c1-2-21-54(51,52)47-28-11-12-32-30(23-28)33(36(50)46-35(38(42,43)44)25-7-4-3-5-8-25)31(34(45-32)26-9-6-10-27(22-26)37(39,40)41)24-48-15-13-29(14-16-48)49-17-19-53-20-18-49/h3-12,22-23,29,35,47H,2,13-21,24H2,1H3,(H,46,50)/t35-/m1/s1. The third-order valence-corrected chi connectivity index (χ3v) is 11.3. The average molecular weight is 778 g/mol. The van der Waals surface area contributed by atoms with E-state index < -0.39 is 39.9 Å². The predicted molar refractivity (Wildman–Crippen MR) is 193 cm³/mol. The van der Waals surface area contributed by atoms with Crippen LogP contribution < -0.4 is 10.0 Å². The number of aromatic nitrogens is 1. The number of amides is 1. The minimum Gasteiger partial charge on any atom is -0.379 e. The molecule has 16 heteroatoms. The molecule has 1 amide bonds. The molecule has 0 spiro atoms. The Balaban J connectivity index is 1.52. The summed E-state index contributed by atoms with van der Waals surface area (Å²) in [6.45, 7) is 5.55.